The van der Waals surface area contributed by atoms with Crippen LogP contribution in [0.25, 0.3) is 0 Å². The molecule has 0 saturated carbocycles. The van der Waals surface area contributed by atoms with E-state index in [2.05, 4.69) is 31.6 Å². The van der Waals surface area contributed by atoms with Crippen molar-refractivity contribution in [2.45, 2.75) is 25.9 Å². The molecule has 0 radical (unpaired) electrons. The molecule has 4 rings (SSSR count). The van der Waals surface area contributed by atoms with E-state index in [1.54, 1.807) is 20.4 Å². The van der Waals surface area contributed by atoms with Crippen LogP contribution in [0.2, 0.25) is 5.02 Å². The molecule has 0 spiro atoms. The fourth-order valence-electron chi connectivity index (χ4n) is 4.31. The number of aromatic nitrogens is 2. The molecule has 1 saturated heterocycles. The van der Waals surface area contributed by atoms with E-state index in [1.807, 2.05) is 43.3 Å². The summed E-state index contributed by atoms with van der Waals surface area (Å²) in [5.74, 6) is 1.47. The number of ether oxygens (including phenoxy) is 2. The number of halogens is 1. The number of rotatable bonds is 9. The topological polar surface area (TPSA) is 88.6 Å². The van der Waals surface area contributed by atoms with Gasteiger partial charge in [0.1, 0.15) is 17.9 Å². The third kappa shape index (κ3) is 6.30. The lowest BCUT2D eigenvalue weighted by atomic mass is 10.1. The van der Waals surface area contributed by atoms with Gasteiger partial charge in [-0.3, -0.25) is 0 Å². The van der Waals surface area contributed by atoms with Crippen LogP contribution in [0.5, 0.6) is 5.75 Å². The predicted molar refractivity (Wildman–Crippen MR) is 149 cm³/mol. The van der Waals surface area contributed by atoms with Gasteiger partial charge < -0.3 is 29.6 Å². The second-order valence-electron chi connectivity index (χ2n) is 9.03. The van der Waals surface area contributed by atoms with Crippen molar-refractivity contribution < 1.29 is 14.0 Å². The SMILES string of the molecule is CCOC1CCN(c2ccc(Nc3ncc(Cl)c(Nc4ccccc4P(C)(C)=O)n3)c(OC)c2)CC1. The van der Waals surface area contributed by atoms with Crippen molar-refractivity contribution in [2.75, 3.05) is 55.7 Å². The Balaban J connectivity index is 1.52. The summed E-state index contributed by atoms with van der Waals surface area (Å²) in [4.78, 5) is 11.2. The number of nitrogens with one attached hydrogen (secondary N) is 2. The highest BCUT2D eigenvalue weighted by Gasteiger charge is 2.21. The lowest BCUT2D eigenvalue weighted by molar-refractivity contribution is 0.0459. The van der Waals surface area contributed by atoms with Crippen molar-refractivity contribution in [3.8, 4) is 5.75 Å². The van der Waals surface area contributed by atoms with Crippen LogP contribution in [0.3, 0.4) is 0 Å². The lowest BCUT2D eigenvalue weighted by Crippen LogP contribution is -2.37. The maximum Gasteiger partial charge on any atom is 0.229 e. The molecule has 1 aliphatic heterocycles. The standard InChI is InChI=1S/C26H33ClN5O3P/c1-5-35-19-12-14-32(15-13-19)18-10-11-21(23(16-18)34-2)30-26-28-17-20(27)25(31-26)29-22-8-6-7-9-24(22)36(3,4)33/h6-11,16-17,19H,5,12-15H2,1-4H3,(H2,28,29,30,31). The summed E-state index contributed by atoms with van der Waals surface area (Å²) >= 11 is 6.39. The Kier molecular flexibility index (Phi) is 8.39. The summed E-state index contributed by atoms with van der Waals surface area (Å²) in [5, 5.41) is 7.55. The van der Waals surface area contributed by atoms with Crippen LogP contribution >= 0.6 is 18.7 Å². The van der Waals surface area contributed by atoms with Crippen molar-refractivity contribution in [1.82, 2.24) is 9.97 Å². The van der Waals surface area contributed by atoms with E-state index in [0.717, 1.165) is 49.2 Å². The lowest BCUT2D eigenvalue weighted by Gasteiger charge is -2.33. The molecular formula is C26H33ClN5O3P. The number of piperidine rings is 1. The van der Waals surface area contributed by atoms with Gasteiger partial charge in [-0.15, -0.1) is 0 Å². The Hall–Kier alpha value is -2.80. The first-order valence-corrected chi connectivity index (χ1v) is 15.0. The molecular weight excluding hydrogens is 497 g/mol. The van der Waals surface area contributed by atoms with Crippen molar-refractivity contribution in [3.05, 3.63) is 53.7 Å². The average Bonchev–Trinajstić information content (AvgIpc) is 2.87. The van der Waals surface area contributed by atoms with E-state index in [-0.39, 0.29) is 0 Å². The van der Waals surface area contributed by atoms with Crippen LogP contribution in [0, 0.1) is 0 Å². The predicted octanol–water partition coefficient (Wildman–Crippen LogP) is 5.88. The number of anilines is 5. The first-order chi connectivity index (χ1) is 17.3. The Morgan fingerprint density at radius 3 is 2.56 bits per heavy atom. The molecule has 0 unspecified atom stereocenters. The van der Waals surface area contributed by atoms with Gasteiger partial charge >= 0.3 is 0 Å². The monoisotopic (exact) mass is 529 g/mol. The summed E-state index contributed by atoms with van der Waals surface area (Å²) < 4.78 is 24.2. The van der Waals surface area contributed by atoms with Gasteiger partial charge in [0, 0.05) is 36.8 Å². The molecule has 3 aromatic rings. The van der Waals surface area contributed by atoms with Crippen LogP contribution in [-0.2, 0) is 9.30 Å². The average molecular weight is 530 g/mol. The van der Waals surface area contributed by atoms with E-state index in [1.165, 1.54) is 6.20 Å². The van der Waals surface area contributed by atoms with Gasteiger partial charge in [0.2, 0.25) is 5.95 Å². The number of hydrogen-bond donors (Lipinski definition) is 2. The zero-order valence-electron chi connectivity index (χ0n) is 21.1. The van der Waals surface area contributed by atoms with Crippen LogP contribution in [0.4, 0.5) is 28.8 Å². The smallest absolute Gasteiger partial charge is 0.229 e. The third-order valence-corrected chi connectivity index (χ3v) is 7.95. The van der Waals surface area contributed by atoms with Crippen molar-refractivity contribution in [2.24, 2.45) is 0 Å². The minimum Gasteiger partial charge on any atom is -0.494 e. The minimum atomic E-state index is -2.50. The van der Waals surface area contributed by atoms with Gasteiger partial charge in [0.25, 0.3) is 0 Å². The minimum absolute atomic E-state index is 0.340. The molecule has 0 aliphatic carbocycles. The van der Waals surface area contributed by atoms with Crippen LogP contribution < -0.4 is 25.6 Å². The molecule has 2 heterocycles. The second-order valence-corrected chi connectivity index (χ2v) is 12.6. The van der Waals surface area contributed by atoms with Gasteiger partial charge in [0.05, 0.1) is 30.8 Å². The normalized spacial score (nSPS) is 14.5. The molecule has 0 amide bonds. The van der Waals surface area contributed by atoms with Gasteiger partial charge in [0.15, 0.2) is 5.82 Å². The summed E-state index contributed by atoms with van der Waals surface area (Å²) in [6.07, 6.45) is 3.90. The fraction of sp³-hybridized carbons (Fsp3) is 0.385. The molecule has 0 atom stereocenters. The molecule has 192 valence electrons. The Labute approximate surface area is 217 Å². The van der Waals surface area contributed by atoms with Crippen molar-refractivity contribution in [3.63, 3.8) is 0 Å². The zero-order chi connectivity index (χ0) is 25.7. The Morgan fingerprint density at radius 2 is 1.86 bits per heavy atom. The molecule has 1 aromatic heterocycles. The molecule has 2 aromatic carbocycles. The van der Waals surface area contributed by atoms with Gasteiger partial charge in [-0.25, -0.2) is 4.98 Å². The van der Waals surface area contributed by atoms with Crippen LogP contribution in [0.15, 0.2) is 48.7 Å². The number of methoxy groups -OCH3 is 1. The van der Waals surface area contributed by atoms with Crippen molar-refractivity contribution in [1.29, 1.82) is 0 Å². The van der Waals surface area contributed by atoms with E-state index >= 15 is 0 Å². The summed E-state index contributed by atoms with van der Waals surface area (Å²) in [6, 6.07) is 13.5. The second kappa shape index (κ2) is 11.5. The molecule has 1 fully saturated rings. The number of benzene rings is 2. The molecule has 8 nitrogen and oxygen atoms in total. The van der Waals surface area contributed by atoms with Crippen molar-refractivity contribution >= 4 is 52.9 Å². The van der Waals surface area contributed by atoms with E-state index in [4.69, 9.17) is 21.1 Å². The maximum absolute atomic E-state index is 12.7. The van der Waals surface area contributed by atoms with Crippen LogP contribution in [0.1, 0.15) is 19.8 Å². The quantitative estimate of drug-likeness (QED) is 0.332. The summed E-state index contributed by atoms with van der Waals surface area (Å²) in [5.41, 5.74) is 2.55. The molecule has 36 heavy (non-hydrogen) atoms. The van der Waals surface area contributed by atoms with Crippen LogP contribution in [-0.4, -0.2) is 56.2 Å². The number of para-hydroxylation sites is 1. The highest BCUT2D eigenvalue weighted by Crippen LogP contribution is 2.39. The largest absolute Gasteiger partial charge is 0.494 e. The molecule has 0 bridgehead atoms. The van der Waals surface area contributed by atoms with E-state index in [9.17, 15) is 4.57 Å². The molecule has 10 heteroatoms. The Bertz CT molecular complexity index is 1240. The number of hydrogen-bond acceptors (Lipinski definition) is 8. The van der Waals surface area contributed by atoms with Gasteiger partial charge in [-0.05, 0) is 57.4 Å². The summed E-state index contributed by atoms with van der Waals surface area (Å²) in [6.45, 7) is 8.16. The highest BCUT2D eigenvalue weighted by atomic mass is 35.5. The maximum atomic E-state index is 12.7. The first kappa shape index (κ1) is 26.3. The summed E-state index contributed by atoms with van der Waals surface area (Å²) in [7, 11) is -0.856. The Morgan fingerprint density at radius 1 is 1.11 bits per heavy atom. The number of nitrogens with zero attached hydrogens (tertiary/aromatic N) is 3. The molecule has 1 aliphatic rings. The van der Waals surface area contributed by atoms with Gasteiger partial charge in [-0.1, -0.05) is 23.7 Å². The first-order valence-electron chi connectivity index (χ1n) is 12.0. The zero-order valence-corrected chi connectivity index (χ0v) is 22.8. The van der Waals surface area contributed by atoms with E-state index in [0.29, 0.717) is 34.3 Å². The fourth-order valence-corrected chi connectivity index (χ4v) is 5.60. The van der Waals surface area contributed by atoms with Gasteiger partial charge in [-0.2, -0.15) is 4.98 Å². The third-order valence-electron chi connectivity index (χ3n) is 6.12. The molecule has 2 N–H and O–H groups in total. The van der Waals surface area contributed by atoms with E-state index < -0.39 is 7.14 Å². The highest BCUT2D eigenvalue weighted by molar-refractivity contribution is 7.70.